The molecule has 1 aromatic carbocycles. The second kappa shape index (κ2) is 5.87. The summed E-state index contributed by atoms with van der Waals surface area (Å²) in [7, 11) is 0. The Bertz CT molecular complexity index is 603. The largest absolute Gasteiger partial charge is 0.324 e. The van der Waals surface area contributed by atoms with E-state index in [0.717, 1.165) is 18.8 Å². The van der Waals surface area contributed by atoms with Crippen molar-refractivity contribution < 1.29 is 4.79 Å². The molecule has 0 saturated carbocycles. The number of nitrogens with zero attached hydrogens (tertiary/aromatic N) is 2. The van der Waals surface area contributed by atoms with Crippen LogP contribution in [0.3, 0.4) is 0 Å². The van der Waals surface area contributed by atoms with Gasteiger partial charge in [-0.1, -0.05) is 11.6 Å². The molecule has 0 radical (unpaired) electrons. The highest BCUT2D eigenvalue weighted by Crippen LogP contribution is 2.28. The van der Waals surface area contributed by atoms with Gasteiger partial charge in [0, 0.05) is 23.1 Å². The summed E-state index contributed by atoms with van der Waals surface area (Å²) < 4.78 is 1.78. The average Bonchev–Trinajstić information content (AvgIpc) is 3.05. The number of amides is 1. The van der Waals surface area contributed by atoms with Gasteiger partial charge in [0.25, 0.3) is 5.91 Å². The van der Waals surface area contributed by atoms with Gasteiger partial charge in [0.2, 0.25) is 0 Å². The summed E-state index contributed by atoms with van der Waals surface area (Å²) in [5, 5.41) is 11.2. The van der Waals surface area contributed by atoms with Gasteiger partial charge in [0.05, 0.1) is 0 Å². The number of nitrogens with one attached hydrogen (secondary N) is 2. The molecule has 1 aliphatic rings. The first-order chi connectivity index (χ1) is 10.2. The summed E-state index contributed by atoms with van der Waals surface area (Å²) in [5.41, 5.74) is 0.114. The molecule has 1 aromatic heterocycles. The summed E-state index contributed by atoms with van der Waals surface area (Å²) in [4.78, 5) is 12.8. The number of piperidine rings is 1. The molecule has 0 atom stereocenters. The van der Waals surface area contributed by atoms with E-state index in [9.17, 15) is 4.79 Å². The van der Waals surface area contributed by atoms with E-state index in [0.29, 0.717) is 17.9 Å². The Kier molecular flexibility index (Phi) is 3.94. The molecule has 0 aliphatic carbocycles. The van der Waals surface area contributed by atoms with Crippen molar-refractivity contribution in [2.75, 3.05) is 18.4 Å². The molecule has 2 aromatic rings. The van der Waals surface area contributed by atoms with E-state index in [1.54, 1.807) is 35.1 Å². The van der Waals surface area contributed by atoms with Gasteiger partial charge in [0.15, 0.2) is 0 Å². The van der Waals surface area contributed by atoms with Gasteiger partial charge in [-0.2, -0.15) is 5.10 Å². The topological polar surface area (TPSA) is 59.0 Å². The van der Waals surface area contributed by atoms with Crippen molar-refractivity contribution in [3.8, 4) is 0 Å². The molecular formula is C15H17ClN4O. The number of halogens is 1. The van der Waals surface area contributed by atoms with E-state index in [-0.39, 0.29) is 5.91 Å². The first-order valence-electron chi connectivity index (χ1n) is 6.99. The predicted molar refractivity (Wildman–Crippen MR) is 82.4 cm³/mol. The van der Waals surface area contributed by atoms with Gasteiger partial charge in [-0.15, -0.1) is 0 Å². The Balaban J connectivity index is 1.86. The van der Waals surface area contributed by atoms with Crippen LogP contribution in [-0.4, -0.2) is 28.8 Å². The van der Waals surface area contributed by atoms with Crippen molar-refractivity contribution in [1.29, 1.82) is 0 Å². The third kappa shape index (κ3) is 2.80. The second-order valence-electron chi connectivity index (χ2n) is 5.19. The third-order valence-electron chi connectivity index (χ3n) is 3.90. The number of hydrogen-bond acceptors (Lipinski definition) is 3. The van der Waals surface area contributed by atoms with Crippen LogP contribution in [0, 0.1) is 0 Å². The Hall–Kier alpha value is -1.85. The molecule has 1 saturated heterocycles. The zero-order valence-corrected chi connectivity index (χ0v) is 12.3. The van der Waals surface area contributed by atoms with Crippen LogP contribution in [0.4, 0.5) is 5.69 Å². The molecule has 1 fully saturated rings. The molecule has 110 valence electrons. The Morgan fingerprint density at radius 3 is 2.62 bits per heavy atom. The van der Waals surface area contributed by atoms with E-state index < -0.39 is 5.54 Å². The van der Waals surface area contributed by atoms with Gasteiger partial charge >= 0.3 is 0 Å². The monoisotopic (exact) mass is 304 g/mol. The fraction of sp³-hybridized carbons (Fsp3) is 0.333. The Labute approximate surface area is 128 Å². The molecule has 0 spiro atoms. The minimum atomic E-state index is -0.631. The lowest BCUT2D eigenvalue weighted by molar-refractivity contribution is -0.126. The van der Waals surface area contributed by atoms with Crippen molar-refractivity contribution in [3.05, 3.63) is 47.7 Å². The molecule has 5 nitrogen and oxygen atoms in total. The minimum Gasteiger partial charge on any atom is -0.324 e. The van der Waals surface area contributed by atoms with Crippen LogP contribution in [0.15, 0.2) is 42.7 Å². The molecule has 1 amide bonds. The van der Waals surface area contributed by atoms with Crippen molar-refractivity contribution >= 4 is 23.2 Å². The molecule has 1 aliphatic heterocycles. The van der Waals surface area contributed by atoms with Crippen molar-refractivity contribution in [2.45, 2.75) is 18.4 Å². The van der Waals surface area contributed by atoms with E-state index in [4.69, 9.17) is 11.6 Å². The third-order valence-corrected chi connectivity index (χ3v) is 4.15. The highest BCUT2D eigenvalue weighted by atomic mass is 35.5. The smallest absolute Gasteiger partial charge is 0.252 e. The standard InChI is InChI=1S/C15H17ClN4O/c16-12-2-4-13(5-3-12)19-14(21)15(6-9-17-10-7-15)20-11-1-8-18-20/h1-5,8,11,17H,6-7,9-10H2,(H,19,21). The number of rotatable bonds is 3. The van der Waals surface area contributed by atoms with Crippen LogP contribution in [0.25, 0.3) is 0 Å². The molecular weight excluding hydrogens is 288 g/mol. The maximum atomic E-state index is 12.8. The predicted octanol–water partition coefficient (Wildman–Crippen LogP) is 2.25. The molecule has 0 bridgehead atoms. The summed E-state index contributed by atoms with van der Waals surface area (Å²) in [6, 6.07) is 8.98. The Morgan fingerprint density at radius 1 is 1.29 bits per heavy atom. The summed E-state index contributed by atoms with van der Waals surface area (Å²) in [5.74, 6) is -0.0324. The van der Waals surface area contributed by atoms with Crippen LogP contribution < -0.4 is 10.6 Å². The molecule has 2 heterocycles. The van der Waals surface area contributed by atoms with Crippen LogP contribution in [0.1, 0.15) is 12.8 Å². The first kappa shape index (κ1) is 14.1. The normalized spacial score (nSPS) is 17.4. The number of benzene rings is 1. The van der Waals surface area contributed by atoms with Gasteiger partial charge < -0.3 is 10.6 Å². The fourth-order valence-corrected chi connectivity index (χ4v) is 2.83. The van der Waals surface area contributed by atoms with E-state index >= 15 is 0 Å². The molecule has 21 heavy (non-hydrogen) atoms. The minimum absolute atomic E-state index is 0.0324. The summed E-state index contributed by atoms with van der Waals surface area (Å²) >= 11 is 5.87. The lowest BCUT2D eigenvalue weighted by Crippen LogP contribution is -2.52. The van der Waals surface area contributed by atoms with Crippen molar-refractivity contribution in [3.63, 3.8) is 0 Å². The van der Waals surface area contributed by atoms with Gasteiger partial charge in [-0.3, -0.25) is 9.48 Å². The number of aromatic nitrogens is 2. The average molecular weight is 305 g/mol. The lowest BCUT2D eigenvalue weighted by Gasteiger charge is -2.36. The molecule has 2 N–H and O–H groups in total. The maximum absolute atomic E-state index is 12.8. The van der Waals surface area contributed by atoms with E-state index in [1.807, 2.05) is 12.3 Å². The number of hydrogen-bond donors (Lipinski definition) is 2. The van der Waals surface area contributed by atoms with Crippen LogP contribution in [0.5, 0.6) is 0 Å². The SMILES string of the molecule is O=C(Nc1ccc(Cl)cc1)C1(n2cccn2)CCNCC1. The van der Waals surface area contributed by atoms with Crippen molar-refractivity contribution in [1.82, 2.24) is 15.1 Å². The van der Waals surface area contributed by atoms with Crippen LogP contribution in [0.2, 0.25) is 5.02 Å². The van der Waals surface area contributed by atoms with Crippen LogP contribution in [-0.2, 0) is 10.3 Å². The highest BCUT2D eigenvalue weighted by molar-refractivity contribution is 6.30. The number of carbonyl (C=O) groups excluding carboxylic acids is 1. The lowest BCUT2D eigenvalue weighted by atomic mass is 9.87. The van der Waals surface area contributed by atoms with Gasteiger partial charge in [0.1, 0.15) is 5.54 Å². The van der Waals surface area contributed by atoms with Gasteiger partial charge in [-0.25, -0.2) is 0 Å². The zero-order chi connectivity index (χ0) is 14.7. The zero-order valence-electron chi connectivity index (χ0n) is 11.6. The highest BCUT2D eigenvalue weighted by Gasteiger charge is 2.41. The fourth-order valence-electron chi connectivity index (χ4n) is 2.70. The molecule has 6 heteroatoms. The van der Waals surface area contributed by atoms with E-state index in [2.05, 4.69) is 15.7 Å². The summed E-state index contributed by atoms with van der Waals surface area (Å²) in [6.07, 6.45) is 4.99. The van der Waals surface area contributed by atoms with E-state index in [1.165, 1.54) is 0 Å². The van der Waals surface area contributed by atoms with Gasteiger partial charge in [-0.05, 0) is 56.3 Å². The number of carbonyl (C=O) groups is 1. The first-order valence-corrected chi connectivity index (χ1v) is 7.36. The molecule has 3 rings (SSSR count). The Morgan fingerprint density at radius 2 is 2.00 bits per heavy atom. The maximum Gasteiger partial charge on any atom is 0.252 e. The second-order valence-corrected chi connectivity index (χ2v) is 5.63. The quantitative estimate of drug-likeness (QED) is 0.914. The van der Waals surface area contributed by atoms with Crippen LogP contribution >= 0.6 is 11.6 Å². The number of anilines is 1. The molecule has 0 unspecified atom stereocenters. The summed E-state index contributed by atoms with van der Waals surface area (Å²) in [6.45, 7) is 1.60. The van der Waals surface area contributed by atoms with Crippen molar-refractivity contribution in [2.24, 2.45) is 0 Å².